The third-order valence-electron chi connectivity index (χ3n) is 4.83. The Morgan fingerprint density at radius 3 is 1.71 bits per heavy atom. The first-order valence-electron chi connectivity index (χ1n) is 9.60. The fourth-order valence-electron chi connectivity index (χ4n) is 3.44. The summed E-state index contributed by atoms with van der Waals surface area (Å²) >= 11 is 0. The third-order valence-corrected chi connectivity index (χ3v) is 7.32. The Kier molecular flexibility index (Phi) is 5.85. The zero-order valence-corrected chi connectivity index (χ0v) is 16.9. The van der Waals surface area contributed by atoms with Crippen molar-refractivity contribution in [1.29, 1.82) is 0 Å². The highest BCUT2D eigenvalue weighted by atomic mass is 31.1. The van der Waals surface area contributed by atoms with Gasteiger partial charge in [-0.05, 0) is 36.6 Å². The highest BCUT2D eigenvalue weighted by molar-refractivity contribution is 7.80. The molecule has 28 heavy (non-hydrogen) atoms. The molecule has 4 aromatic rings. The Morgan fingerprint density at radius 2 is 1.14 bits per heavy atom. The molecule has 2 heteroatoms. The molecule has 0 spiro atoms. The Morgan fingerprint density at radius 1 is 0.607 bits per heavy atom. The molecular weight excluding hydrogens is 357 g/mol. The molecule has 0 aromatic heterocycles. The van der Waals surface area contributed by atoms with E-state index in [2.05, 4.69) is 121 Å². The van der Waals surface area contributed by atoms with Crippen molar-refractivity contribution in [3.63, 3.8) is 0 Å². The van der Waals surface area contributed by atoms with Crippen LogP contribution >= 0.6 is 7.92 Å². The van der Waals surface area contributed by atoms with Gasteiger partial charge in [0.1, 0.15) is 0 Å². The molecule has 0 unspecified atom stereocenters. The minimum absolute atomic E-state index is 0.626. The fourth-order valence-corrected chi connectivity index (χ4v) is 5.95. The van der Waals surface area contributed by atoms with Crippen LogP contribution in [0.4, 0.5) is 5.69 Å². The molecule has 0 aliphatic rings. The third kappa shape index (κ3) is 4.16. The largest absolute Gasteiger partial charge is 0.380 e. The Hall–Kier alpha value is -2.89. The second kappa shape index (κ2) is 8.87. The van der Waals surface area contributed by atoms with Crippen LogP contribution in [0, 0.1) is 6.92 Å². The van der Waals surface area contributed by atoms with Gasteiger partial charge in [-0.2, -0.15) is 0 Å². The van der Waals surface area contributed by atoms with Crippen LogP contribution < -0.4 is 21.2 Å². The van der Waals surface area contributed by atoms with Gasteiger partial charge in [0.25, 0.3) is 0 Å². The maximum atomic E-state index is 3.73. The predicted octanol–water partition coefficient (Wildman–Crippen LogP) is 5.37. The van der Waals surface area contributed by atoms with Crippen molar-refractivity contribution >= 4 is 29.5 Å². The van der Waals surface area contributed by atoms with Crippen LogP contribution in [0.15, 0.2) is 109 Å². The highest BCUT2D eigenvalue weighted by Gasteiger charge is 2.20. The van der Waals surface area contributed by atoms with Gasteiger partial charge in [-0.1, -0.05) is 109 Å². The molecule has 0 heterocycles. The summed E-state index contributed by atoms with van der Waals surface area (Å²) in [6.07, 6.45) is 0. The molecule has 1 N–H and O–H groups in total. The van der Waals surface area contributed by atoms with Gasteiger partial charge in [-0.15, -0.1) is 0 Å². The van der Waals surface area contributed by atoms with E-state index in [9.17, 15) is 0 Å². The van der Waals surface area contributed by atoms with E-state index in [-0.39, 0.29) is 0 Å². The topological polar surface area (TPSA) is 12.0 Å². The van der Waals surface area contributed by atoms with Crippen LogP contribution in [0.1, 0.15) is 11.1 Å². The van der Waals surface area contributed by atoms with Crippen molar-refractivity contribution < 1.29 is 0 Å². The summed E-state index contributed by atoms with van der Waals surface area (Å²) in [7, 11) is -0.626. The lowest BCUT2D eigenvalue weighted by Crippen LogP contribution is -2.23. The Labute approximate surface area is 168 Å². The quantitative estimate of drug-likeness (QED) is 0.443. The predicted molar refractivity (Wildman–Crippen MR) is 124 cm³/mol. The molecule has 0 radical (unpaired) electrons. The van der Waals surface area contributed by atoms with Crippen molar-refractivity contribution in [1.82, 2.24) is 0 Å². The van der Waals surface area contributed by atoms with Crippen molar-refractivity contribution in [2.75, 3.05) is 5.32 Å². The molecule has 0 fully saturated rings. The molecule has 4 rings (SSSR count). The van der Waals surface area contributed by atoms with E-state index in [1.807, 2.05) is 0 Å². The van der Waals surface area contributed by atoms with Gasteiger partial charge in [0.05, 0.1) is 0 Å². The van der Waals surface area contributed by atoms with Crippen LogP contribution in [0.5, 0.6) is 0 Å². The zero-order chi connectivity index (χ0) is 19.2. The molecule has 0 saturated carbocycles. The van der Waals surface area contributed by atoms with Crippen molar-refractivity contribution in [3.8, 4) is 0 Å². The Balaban J connectivity index is 1.77. The summed E-state index contributed by atoms with van der Waals surface area (Å²) in [5, 5.41) is 7.86. The van der Waals surface area contributed by atoms with E-state index < -0.39 is 7.92 Å². The monoisotopic (exact) mass is 381 g/mol. The van der Waals surface area contributed by atoms with Crippen molar-refractivity contribution in [3.05, 3.63) is 120 Å². The fraction of sp³-hybridized carbons (Fsp3) is 0.0769. The molecule has 0 bridgehead atoms. The maximum absolute atomic E-state index is 3.73. The van der Waals surface area contributed by atoms with Crippen LogP contribution in [-0.2, 0) is 6.54 Å². The molecule has 138 valence electrons. The van der Waals surface area contributed by atoms with Gasteiger partial charge in [0.2, 0.25) is 0 Å². The van der Waals surface area contributed by atoms with Crippen LogP contribution in [-0.4, -0.2) is 0 Å². The van der Waals surface area contributed by atoms with Gasteiger partial charge >= 0.3 is 0 Å². The minimum Gasteiger partial charge on any atom is -0.380 e. The van der Waals surface area contributed by atoms with E-state index in [0.717, 1.165) is 6.54 Å². The minimum atomic E-state index is -0.626. The summed E-state index contributed by atoms with van der Waals surface area (Å²) in [5.74, 6) is 0. The lowest BCUT2D eigenvalue weighted by Gasteiger charge is -2.24. The van der Waals surface area contributed by atoms with E-state index >= 15 is 0 Å². The first-order valence-corrected chi connectivity index (χ1v) is 10.9. The average Bonchev–Trinajstić information content (AvgIpc) is 2.76. The standard InChI is InChI=1S/C26H24NP/c1-21-12-11-19-25(26(21)27-20-22-13-5-2-6-14-22)28(23-15-7-3-8-16-23)24-17-9-4-10-18-24/h2-19,27H,20H2,1H3. The number of benzene rings is 4. The van der Waals surface area contributed by atoms with Gasteiger partial charge in [-0.25, -0.2) is 0 Å². The maximum Gasteiger partial charge on any atom is 0.0457 e. The summed E-state index contributed by atoms with van der Waals surface area (Å²) < 4.78 is 0. The summed E-state index contributed by atoms with van der Waals surface area (Å²) in [6, 6.07) is 39.0. The van der Waals surface area contributed by atoms with Crippen molar-refractivity contribution in [2.45, 2.75) is 13.5 Å². The number of nitrogens with one attached hydrogen (secondary N) is 1. The van der Waals surface area contributed by atoms with Crippen LogP contribution in [0.25, 0.3) is 0 Å². The molecule has 4 aromatic carbocycles. The number of hydrogen-bond acceptors (Lipinski definition) is 1. The molecule has 1 nitrogen and oxygen atoms in total. The normalized spacial score (nSPS) is 10.8. The van der Waals surface area contributed by atoms with E-state index in [1.54, 1.807) is 0 Å². The number of anilines is 1. The summed E-state index contributed by atoms with van der Waals surface area (Å²) in [6.45, 7) is 3.02. The zero-order valence-electron chi connectivity index (χ0n) is 16.0. The molecule has 0 aliphatic heterocycles. The van der Waals surface area contributed by atoms with Crippen molar-refractivity contribution in [2.24, 2.45) is 0 Å². The molecule has 0 atom stereocenters. The number of para-hydroxylation sites is 1. The van der Waals surface area contributed by atoms with E-state index in [1.165, 1.54) is 32.7 Å². The lowest BCUT2D eigenvalue weighted by atomic mass is 10.2. The molecule has 0 aliphatic carbocycles. The van der Waals surface area contributed by atoms with Crippen LogP contribution in [0.2, 0.25) is 0 Å². The highest BCUT2D eigenvalue weighted by Crippen LogP contribution is 2.36. The SMILES string of the molecule is Cc1cccc(P(c2ccccc2)c2ccccc2)c1NCc1ccccc1. The van der Waals surface area contributed by atoms with Gasteiger partial charge < -0.3 is 5.32 Å². The van der Waals surface area contributed by atoms with E-state index in [0.29, 0.717) is 0 Å². The van der Waals surface area contributed by atoms with Gasteiger partial charge in [0.15, 0.2) is 0 Å². The average molecular weight is 381 g/mol. The van der Waals surface area contributed by atoms with Gasteiger partial charge in [-0.3, -0.25) is 0 Å². The van der Waals surface area contributed by atoms with Gasteiger partial charge in [0, 0.05) is 17.5 Å². The number of aryl methyl sites for hydroxylation is 1. The first kappa shape index (κ1) is 18.5. The number of rotatable bonds is 6. The molecular formula is C26H24NP. The summed E-state index contributed by atoms with van der Waals surface area (Å²) in [4.78, 5) is 0. The smallest absolute Gasteiger partial charge is 0.0457 e. The van der Waals surface area contributed by atoms with Crippen LogP contribution in [0.3, 0.4) is 0 Å². The second-order valence-corrected chi connectivity index (χ2v) is 9.00. The Bertz CT molecular complexity index is 974. The first-order chi connectivity index (χ1) is 13.8. The summed E-state index contributed by atoms with van der Waals surface area (Å²) in [5.41, 5.74) is 3.83. The lowest BCUT2D eigenvalue weighted by molar-refractivity contribution is 1.14. The number of hydrogen-bond donors (Lipinski definition) is 1. The molecule has 0 saturated heterocycles. The van der Waals surface area contributed by atoms with E-state index in [4.69, 9.17) is 0 Å². The second-order valence-electron chi connectivity index (χ2n) is 6.81. The molecule has 0 amide bonds.